The predicted octanol–water partition coefficient (Wildman–Crippen LogP) is 1.70. The Bertz CT molecular complexity index is 1550. The Morgan fingerprint density at radius 2 is 1.82 bits per heavy atom. The number of halogens is 1. The number of aliphatic hydroxyl groups is 1. The van der Waals surface area contributed by atoms with E-state index in [4.69, 9.17) is 9.47 Å². The zero-order valence-corrected chi connectivity index (χ0v) is 28.0. The SMILES string of the molecule is CCCCOC(=O)N1CCN(C(=O)[C@H](CF)NC(=O)c2cc(OCC(=O)N3C[C@@H](O)C[C@H]3C(=O)NC3CCC3)c3ccc(C)cc3n2)CC1. The third kappa shape index (κ3) is 8.74. The fourth-order valence-corrected chi connectivity index (χ4v) is 6.08. The minimum absolute atomic E-state index is 0.00830. The van der Waals surface area contributed by atoms with Gasteiger partial charge >= 0.3 is 6.09 Å². The number of nitrogens with zero attached hydrogens (tertiary/aromatic N) is 4. The number of benzene rings is 1. The van der Waals surface area contributed by atoms with Crippen molar-refractivity contribution in [2.45, 2.75) is 76.6 Å². The number of rotatable bonds is 12. The van der Waals surface area contributed by atoms with Gasteiger partial charge in [-0.2, -0.15) is 0 Å². The van der Waals surface area contributed by atoms with Crippen molar-refractivity contribution in [2.75, 3.05) is 52.6 Å². The van der Waals surface area contributed by atoms with E-state index < -0.39 is 55.3 Å². The molecule has 5 amide bonds. The van der Waals surface area contributed by atoms with Crippen molar-refractivity contribution >= 4 is 40.6 Å². The van der Waals surface area contributed by atoms with Crippen molar-refractivity contribution in [3.05, 3.63) is 35.5 Å². The molecule has 1 aliphatic carbocycles. The number of alkyl halides is 1. The first kappa shape index (κ1) is 35.8. The fourth-order valence-electron chi connectivity index (χ4n) is 6.08. The average Bonchev–Trinajstić information content (AvgIpc) is 3.48. The Morgan fingerprint density at radius 3 is 2.49 bits per heavy atom. The van der Waals surface area contributed by atoms with E-state index in [1.54, 1.807) is 12.1 Å². The number of ether oxygens (including phenoxy) is 2. The van der Waals surface area contributed by atoms with Gasteiger partial charge in [-0.1, -0.05) is 19.4 Å². The molecule has 2 saturated heterocycles. The Labute approximate surface area is 284 Å². The first-order valence-corrected chi connectivity index (χ1v) is 17.0. The van der Waals surface area contributed by atoms with Crippen molar-refractivity contribution in [3.8, 4) is 5.75 Å². The largest absolute Gasteiger partial charge is 0.483 e. The van der Waals surface area contributed by atoms with Gasteiger partial charge in [-0.3, -0.25) is 19.2 Å². The maximum Gasteiger partial charge on any atom is 0.409 e. The number of unbranched alkanes of at least 4 members (excludes halogenated alkanes) is 1. The van der Waals surface area contributed by atoms with Crippen LogP contribution in [0.3, 0.4) is 0 Å². The highest BCUT2D eigenvalue weighted by Crippen LogP contribution is 2.28. The van der Waals surface area contributed by atoms with Gasteiger partial charge in [-0.15, -0.1) is 0 Å². The molecule has 2 aromatic rings. The molecule has 15 heteroatoms. The highest BCUT2D eigenvalue weighted by molar-refractivity contribution is 5.99. The van der Waals surface area contributed by atoms with Gasteiger partial charge in [0.15, 0.2) is 6.61 Å². The van der Waals surface area contributed by atoms with E-state index in [2.05, 4.69) is 15.6 Å². The molecule has 1 aromatic heterocycles. The van der Waals surface area contributed by atoms with Crippen LogP contribution < -0.4 is 15.4 Å². The molecule has 1 aromatic carbocycles. The maximum absolute atomic E-state index is 14.2. The Morgan fingerprint density at radius 1 is 1.08 bits per heavy atom. The number of β-amino-alcohol motifs (C(OH)–C–C–N with tert-alkyl or cyclic N) is 1. The van der Waals surface area contributed by atoms with Crippen LogP contribution in [0.5, 0.6) is 5.75 Å². The van der Waals surface area contributed by atoms with Crippen molar-refractivity contribution in [2.24, 2.45) is 0 Å². The van der Waals surface area contributed by atoms with Crippen LogP contribution in [-0.4, -0.2) is 131 Å². The van der Waals surface area contributed by atoms with E-state index in [1.165, 1.54) is 20.8 Å². The van der Waals surface area contributed by atoms with Gasteiger partial charge in [-0.05, 0) is 50.3 Å². The van der Waals surface area contributed by atoms with Crippen LogP contribution in [0.25, 0.3) is 10.9 Å². The first-order valence-electron chi connectivity index (χ1n) is 17.0. The molecule has 0 radical (unpaired) electrons. The van der Waals surface area contributed by atoms with Crippen LogP contribution in [0, 0.1) is 6.92 Å². The van der Waals surface area contributed by atoms with Crippen molar-refractivity contribution in [1.29, 1.82) is 0 Å². The lowest BCUT2D eigenvalue weighted by Gasteiger charge is -2.35. The molecule has 266 valence electrons. The number of piperazine rings is 1. The number of aliphatic hydroxyl groups excluding tert-OH is 1. The minimum atomic E-state index is -1.49. The third-order valence-electron chi connectivity index (χ3n) is 9.20. The third-order valence-corrected chi connectivity index (χ3v) is 9.20. The van der Waals surface area contributed by atoms with Crippen LogP contribution in [-0.2, 0) is 19.1 Å². The molecule has 5 rings (SSSR count). The number of aromatic nitrogens is 1. The maximum atomic E-state index is 14.2. The summed E-state index contributed by atoms with van der Waals surface area (Å²) in [6.07, 6.45) is 3.28. The number of hydrogen-bond acceptors (Lipinski definition) is 9. The van der Waals surface area contributed by atoms with Gasteiger partial charge in [0.2, 0.25) is 11.8 Å². The number of aryl methyl sites for hydroxylation is 1. The number of likely N-dealkylation sites (tertiary alicyclic amines) is 1. The summed E-state index contributed by atoms with van der Waals surface area (Å²) in [4.78, 5) is 73.6. The fraction of sp³-hybridized carbons (Fsp3) is 0.588. The van der Waals surface area contributed by atoms with Gasteiger partial charge in [0.05, 0.1) is 18.2 Å². The van der Waals surface area contributed by atoms with Gasteiger partial charge in [-0.25, -0.2) is 14.2 Å². The minimum Gasteiger partial charge on any atom is -0.483 e. The van der Waals surface area contributed by atoms with E-state index in [0.717, 1.165) is 37.7 Å². The lowest BCUT2D eigenvalue weighted by Crippen LogP contribution is -2.56. The number of amides is 5. The van der Waals surface area contributed by atoms with Crippen molar-refractivity contribution in [3.63, 3.8) is 0 Å². The summed E-state index contributed by atoms with van der Waals surface area (Å²) < 4.78 is 25.3. The standard InChI is InChI=1S/C34H45FN6O8/c1-3-4-14-48-34(47)40-12-10-39(11-13-40)33(46)27(18-35)38-31(44)26-17-29(24-9-8-21(2)15-25(24)37-26)49-20-30(43)41-19-23(42)16-28(41)32(45)36-22-6-5-7-22/h8-9,15,17,22-23,27-28,42H,3-7,10-14,16,18-20H2,1-2H3,(H,36,45)(H,38,44)/t23-,27-,28-/m0/s1. The highest BCUT2D eigenvalue weighted by Gasteiger charge is 2.40. The van der Waals surface area contributed by atoms with E-state index in [-0.39, 0.29) is 62.5 Å². The predicted molar refractivity (Wildman–Crippen MR) is 176 cm³/mol. The van der Waals surface area contributed by atoms with Crippen molar-refractivity contribution < 1.29 is 42.9 Å². The molecular formula is C34H45FN6O8. The smallest absolute Gasteiger partial charge is 0.409 e. The molecule has 3 fully saturated rings. The van der Waals surface area contributed by atoms with Gasteiger partial charge in [0, 0.05) is 56.6 Å². The average molecular weight is 685 g/mol. The lowest BCUT2D eigenvalue weighted by molar-refractivity contribution is -0.140. The van der Waals surface area contributed by atoms with Crippen LogP contribution in [0.2, 0.25) is 0 Å². The van der Waals surface area contributed by atoms with Gasteiger partial charge in [0.1, 0.15) is 30.2 Å². The van der Waals surface area contributed by atoms with E-state index in [9.17, 15) is 33.5 Å². The molecule has 1 saturated carbocycles. The van der Waals surface area contributed by atoms with Gasteiger partial charge < -0.3 is 39.9 Å². The second kappa shape index (κ2) is 16.2. The Balaban J connectivity index is 1.24. The first-order chi connectivity index (χ1) is 23.6. The Hall–Kier alpha value is -4.53. The molecule has 3 atom stereocenters. The molecular weight excluding hydrogens is 639 g/mol. The number of carbonyl (C=O) groups is 5. The van der Waals surface area contributed by atoms with E-state index >= 15 is 0 Å². The number of hydrogen-bond donors (Lipinski definition) is 3. The molecule has 3 N–H and O–H groups in total. The number of pyridine rings is 1. The molecule has 49 heavy (non-hydrogen) atoms. The lowest BCUT2D eigenvalue weighted by atomic mass is 9.93. The quantitative estimate of drug-likeness (QED) is 0.282. The summed E-state index contributed by atoms with van der Waals surface area (Å²) in [6, 6.07) is 4.38. The van der Waals surface area contributed by atoms with Crippen LogP contribution >= 0.6 is 0 Å². The second-order valence-corrected chi connectivity index (χ2v) is 12.9. The number of carbonyl (C=O) groups excluding carboxylic acids is 5. The Kier molecular flexibility index (Phi) is 11.9. The molecule has 3 heterocycles. The number of nitrogens with one attached hydrogen (secondary N) is 2. The molecule has 0 unspecified atom stereocenters. The summed E-state index contributed by atoms with van der Waals surface area (Å²) >= 11 is 0. The summed E-state index contributed by atoms with van der Waals surface area (Å²) in [6.45, 7) is 3.26. The highest BCUT2D eigenvalue weighted by atomic mass is 19.1. The van der Waals surface area contributed by atoms with Crippen LogP contribution in [0.1, 0.15) is 61.5 Å². The van der Waals surface area contributed by atoms with Crippen molar-refractivity contribution in [1.82, 2.24) is 30.3 Å². The summed E-state index contributed by atoms with van der Waals surface area (Å²) in [7, 11) is 0. The number of fused-ring (bicyclic) bond motifs is 1. The topological polar surface area (TPSA) is 171 Å². The molecule has 3 aliphatic rings. The molecule has 0 bridgehead atoms. The molecule has 14 nitrogen and oxygen atoms in total. The van der Waals surface area contributed by atoms with Gasteiger partial charge in [0.25, 0.3) is 11.8 Å². The summed E-state index contributed by atoms with van der Waals surface area (Å²) in [5.41, 5.74) is 1.08. The second-order valence-electron chi connectivity index (χ2n) is 12.9. The van der Waals surface area contributed by atoms with Crippen LogP contribution in [0.4, 0.5) is 9.18 Å². The monoisotopic (exact) mass is 684 g/mol. The summed E-state index contributed by atoms with van der Waals surface area (Å²) in [5.74, 6) is -2.10. The zero-order chi connectivity index (χ0) is 35.1. The normalized spacial score (nSPS) is 20.0. The zero-order valence-electron chi connectivity index (χ0n) is 28.0. The van der Waals surface area contributed by atoms with Crippen LogP contribution in [0.15, 0.2) is 24.3 Å². The summed E-state index contributed by atoms with van der Waals surface area (Å²) in [5, 5.41) is 16.2. The molecule has 2 aliphatic heterocycles. The van der Waals surface area contributed by atoms with E-state index in [1.807, 2.05) is 19.9 Å². The van der Waals surface area contributed by atoms with E-state index in [0.29, 0.717) is 17.5 Å². The molecule has 0 spiro atoms.